The number of hydrogen-bond donors (Lipinski definition) is 1. The van der Waals surface area contributed by atoms with Crippen LogP contribution in [0, 0.1) is 0 Å². The maximum absolute atomic E-state index is 5.20. The quantitative estimate of drug-likeness (QED) is 0.784. The summed E-state index contributed by atoms with van der Waals surface area (Å²) in [5.41, 5.74) is 0.743. The van der Waals surface area contributed by atoms with E-state index in [-0.39, 0.29) is 0 Å². The zero-order valence-electron chi connectivity index (χ0n) is 11.1. The molecule has 0 radical (unpaired) electrons. The topological polar surface area (TPSA) is 68.8 Å². The number of aromatic nitrogens is 4. The van der Waals surface area contributed by atoms with Gasteiger partial charge < -0.3 is 9.84 Å². The molecule has 6 nitrogen and oxygen atoms in total. The summed E-state index contributed by atoms with van der Waals surface area (Å²) in [6, 6.07) is 2.38. The van der Waals surface area contributed by atoms with Crippen molar-refractivity contribution in [2.75, 3.05) is 6.54 Å². The molecule has 0 aliphatic rings. The van der Waals surface area contributed by atoms with Crippen molar-refractivity contribution in [1.29, 1.82) is 0 Å². The largest absolute Gasteiger partial charge is 0.339 e. The van der Waals surface area contributed by atoms with Gasteiger partial charge in [0.05, 0.1) is 0 Å². The van der Waals surface area contributed by atoms with Crippen molar-refractivity contribution in [2.45, 2.75) is 32.7 Å². The predicted octanol–water partition coefficient (Wildman–Crippen LogP) is 1.40. The molecule has 98 valence electrons. The van der Waals surface area contributed by atoms with Crippen molar-refractivity contribution in [3.05, 3.63) is 18.2 Å². The number of aryl methyl sites for hydroxylation is 2. The van der Waals surface area contributed by atoms with Crippen molar-refractivity contribution >= 4 is 0 Å². The SMILES string of the molecule is CC(C)NCCCc1nc(-c2ccn(C)n2)no1. The van der Waals surface area contributed by atoms with Crippen molar-refractivity contribution in [2.24, 2.45) is 7.05 Å². The molecule has 0 saturated heterocycles. The fraction of sp³-hybridized carbons (Fsp3) is 0.583. The van der Waals surface area contributed by atoms with Crippen LogP contribution in [-0.4, -0.2) is 32.5 Å². The molecule has 6 heteroatoms. The standard InChI is InChI=1S/C12H19N5O/c1-9(2)13-7-4-5-11-14-12(16-18-11)10-6-8-17(3)15-10/h6,8-9,13H,4-5,7H2,1-3H3. The Morgan fingerprint density at radius 2 is 2.28 bits per heavy atom. The summed E-state index contributed by atoms with van der Waals surface area (Å²) in [6.07, 6.45) is 3.64. The molecule has 0 spiro atoms. The number of nitrogens with zero attached hydrogens (tertiary/aromatic N) is 4. The van der Waals surface area contributed by atoms with E-state index in [0.29, 0.717) is 17.8 Å². The van der Waals surface area contributed by atoms with Gasteiger partial charge in [0.15, 0.2) is 0 Å². The van der Waals surface area contributed by atoms with E-state index in [1.54, 1.807) is 4.68 Å². The van der Waals surface area contributed by atoms with Crippen LogP contribution < -0.4 is 5.32 Å². The average Bonchev–Trinajstić information content (AvgIpc) is 2.93. The van der Waals surface area contributed by atoms with E-state index in [4.69, 9.17) is 4.52 Å². The van der Waals surface area contributed by atoms with Crippen LogP contribution in [0.4, 0.5) is 0 Å². The van der Waals surface area contributed by atoms with Gasteiger partial charge in [0.1, 0.15) is 5.69 Å². The normalized spacial score (nSPS) is 11.3. The van der Waals surface area contributed by atoms with Crippen LogP contribution in [-0.2, 0) is 13.5 Å². The molecule has 0 saturated carbocycles. The van der Waals surface area contributed by atoms with Crippen LogP contribution in [0.25, 0.3) is 11.5 Å². The Morgan fingerprint density at radius 3 is 2.94 bits per heavy atom. The summed E-state index contributed by atoms with van der Waals surface area (Å²) in [5.74, 6) is 1.23. The molecule has 18 heavy (non-hydrogen) atoms. The second-order valence-corrected chi connectivity index (χ2v) is 4.60. The molecule has 2 aromatic heterocycles. The van der Waals surface area contributed by atoms with Crippen molar-refractivity contribution in [3.63, 3.8) is 0 Å². The fourth-order valence-electron chi connectivity index (χ4n) is 1.63. The molecular formula is C12H19N5O. The summed E-state index contributed by atoms with van der Waals surface area (Å²) in [4.78, 5) is 4.33. The molecule has 0 atom stereocenters. The molecule has 2 aromatic rings. The van der Waals surface area contributed by atoms with E-state index in [9.17, 15) is 0 Å². The van der Waals surface area contributed by atoms with Gasteiger partial charge in [-0.1, -0.05) is 19.0 Å². The van der Waals surface area contributed by atoms with Crippen LogP contribution >= 0.6 is 0 Å². The molecule has 2 heterocycles. The van der Waals surface area contributed by atoms with E-state index in [1.807, 2.05) is 19.3 Å². The molecular weight excluding hydrogens is 230 g/mol. The fourth-order valence-corrected chi connectivity index (χ4v) is 1.63. The molecule has 2 rings (SSSR count). The van der Waals surface area contributed by atoms with Gasteiger partial charge >= 0.3 is 0 Å². The Balaban J connectivity index is 1.86. The number of nitrogens with one attached hydrogen (secondary N) is 1. The first-order valence-corrected chi connectivity index (χ1v) is 6.21. The minimum absolute atomic E-state index is 0.511. The van der Waals surface area contributed by atoms with Crippen LogP contribution in [0.3, 0.4) is 0 Å². The molecule has 0 aliphatic carbocycles. The number of hydrogen-bond acceptors (Lipinski definition) is 5. The van der Waals surface area contributed by atoms with Crippen molar-refractivity contribution in [1.82, 2.24) is 25.2 Å². The van der Waals surface area contributed by atoms with Gasteiger partial charge in [-0.05, 0) is 19.0 Å². The molecule has 0 fully saturated rings. The Kier molecular flexibility index (Phi) is 4.09. The van der Waals surface area contributed by atoms with Crippen LogP contribution in [0.5, 0.6) is 0 Å². The second kappa shape index (κ2) is 5.77. The van der Waals surface area contributed by atoms with Crippen LogP contribution in [0.15, 0.2) is 16.8 Å². The lowest BCUT2D eigenvalue weighted by atomic mass is 10.3. The van der Waals surface area contributed by atoms with Gasteiger partial charge in [-0.3, -0.25) is 4.68 Å². The van der Waals surface area contributed by atoms with Crippen LogP contribution in [0.1, 0.15) is 26.2 Å². The molecule has 0 bridgehead atoms. The predicted molar refractivity (Wildman–Crippen MR) is 68.0 cm³/mol. The van der Waals surface area contributed by atoms with Crippen LogP contribution in [0.2, 0.25) is 0 Å². The molecule has 0 aromatic carbocycles. The van der Waals surface area contributed by atoms with Crippen molar-refractivity contribution < 1.29 is 4.52 Å². The molecule has 0 amide bonds. The minimum atomic E-state index is 0.511. The van der Waals surface area contributed by atoms with Gasteiger partial charge in [-0.2, -0.15) is 10.1 Å². The summed E-state index contributed by atoms with van der Waals surface area (Å²) in [7, 11) is 1.86. The van der Waals surface area contributed by atoms with E-state index in [1.165, 1.54) is 0 Å². The summed E-state index contributed by atoms with van der Waals surface area (Å²) < 4.78 is 6.92. The summed E-state index contributed by atoms with van der Waals surface area (Å²) in [5, 5.41) is 11.5. The number of rotatable bonds is 6. The third kappa shape index (κ3) is 3.40. The van der Waals surface area contributed by atoms with Gasteiger partial charge in [0, 0.05) is 25.7 Å². The Hall–Kier alpha value is -1.69. The Labute approximate surface area is 106 Å². The van der Waals surface area contributed by atoms with Gasteiger partial charge in [0.2, 0.25) is 11.7 Å². The maximum atomic E-state index is 5.20. The first-order chi connectivity index (χ1) is 8.65. The molecule has 0 aliphatic heterocycles. The summed E-state index contributed by atoms with van der Waals surface area (Å²) >= 11 is 0. The van der Waals surface area contributed by atoms with Crippen molar-refractivity contribution in [3.8, 4) is 11.5 Å². The first kappa shape index (κ1) is 12.8. The van der Waals surface area contributed by atoms with E-state index in [0.717, 1.165) is 25.1 Å². The highest BCUT2D eigenvalue weighted by atomic mass is 16.5. The maximum Gasteiger partial charge on any atom is 0.227 e. The Bertz CT molecular complexity index is 488. The van der Waals surface area contributed by atoms with Gasteiger partial charge in [0.25, 0.3) is 0 Å². The summed E-state index contributed by atoms with van der Waals surface area (Å²) in [6.45, 7) is 5.22. The second-order valence-electron chi connectivity index (χ2n) is 4.60. The highest BCUT2D eigenvalue weighted by molar-refractivity contribution is 5.46. The monoisotopic (exact) mass is 249 g/mol. The van der Waals surface area contributed by atoms with E-state index in [2.05, 4.69) is 34.4 Å². The zero-order chi connectivity index (χ0) is 13.0. The lowest BCUT2D eigenvalue weighted by molar-refractivity contribution is 0.374. The lowest BCUT2D eigenvalue weighted by Gasteiger charge is -2.05. The molecule has 1 N–H and O–H groups in total. The van der Waals surface area contributed by atoms with Gasteiger partial charge in [-0.25, -0.2) is 0 Å². The third-order valence-corrected chi connectivity index (χ3v) is 2.53. The zero-order valence-corrected chi connectivity index (χ0v) is 11.1. The lowest BCUT2D eigenvalue weighted by Crippen LogP contribution is -2.23. The highest BCUT2D eigenvalue weighted by Gasteiger charge is 2.10. The Morgan fingerprint density at radius 1 is 1.44 bits per heavy atom. The average molecular weight is 249 g/mol. The highest BCUT2D eigenvalue weighted by Crippen LogP contribution is 2.12. The van der Waals surface area contributed by atoms with Gasteiger partial charge in [-0.15, -0.1) is 0 Å². The van der Waals surface area contributed by atoms with E-state index < -0.39 is 0 Å². The molecule has 0 unspecified atom stereocenters. The van der Waals surface area contributed by atoms with E-state index >= 15 is 0 Å². The smallest absolute Gasteiger partial charge is 0.227 e. The third-order valence-electron chi connectivity index (χ3n) is 2.53. The first-order valence-electron chi connectivity index (χ1n) is 6.21. The minimum Gasteiger partial charge on any atom is -0.339 e.